The Bertz CT molecular complexity index is 659. The van der Waals surface area contributed by atoms with Gasteiger partial charge >= 0.3 is 0 Å². The lowest BCUT2D eigenvalue weighted by Crippen LogP contribution is -2.35. The molecule has 0 aromatic heterocycles. The van der Waals surface area contributed by atoms with Gasteiger partial charge in [-0.15, -0.1) is 0 Å². The molecule has 3 saturated heterocycles. The molecule has 0 aromatic carbocycles. The minimum atomic E-state index is 0.750. The highest BCUT2D eigenvalue weighted by Gasteiger charge is 2.39. The van der Waals surface area contributed by atoms with Gasteiger partial charge in [-0.25, -0.2) is 0 Å². The Labute approximate surface area is 292 Å². The summed E-state index contributed by atoms with van der Waals surface area (Å²) in [5.41, 5.74) is 0.750. The summed E-state index contributed by atoms with van der Waals surface area (Å²) in [7, 11) is 0. The highest BCUT2D eigenvalue weighted by molar-refractivity contribution is 4.90. The van der Waals surface area contributed by atoms with Crippen molar-refractivity contribution in [3.63, 3.8) is 0 Å². The fourth-order valence-corrected chi connectivity index (χ4v) is 6.69. The van der Waals surface area contributed by atoms with Crippen LogP contribution in [0.3, 0.4) is 0 Å². The molecular formula is C43H89N3. The zero-order valence-electron chi connectivity index (χ0n) is 34.3. The van der Waals surface area contributed by atoms with Gasteiger partial charge in [-0.3, -0.25) is 0 Å². The average molecular weight is 648 g/mol. The Hall–Kier alpha value is -0.120. The lowest BCUT2D eigenvalue weighted by Gasteiger charge is -2.29. The van der Waals surface area contributed by atoms with Gasteiger partial charge in [-0.2, -0.15) is 0 Å². The number of rotatable bonds is 7. The Morgan fingerprint density at radius 1 is 0.478 bits per heavy atom. The molecule has 0 unspecified atom stereocenters. The van der Waals surface area contributed by atoms with Gasteiger partial charge in [-0.1, -0.05) is 74.1 Å². The Morgan fingerprint density at radius 3 is 0.913 bits per heavy atom. The fourth-order valence-electron chi connectivity index (χ4n) is 6.69. The molecule has 0 aromatic rings. The van der Waals surface area contributed by atoms with Crippen LogP contribution in [0.4, 0.5) is 0 Å². The molecular weight excluding hydrogens is 558 g/mol. The van der Waals surface area contributed by atoms with Crippen LogP contribution in [0.2, 0.25) is 0 Å². The summed E-state index contributed by atoms with van der Waals surface area (Å²) in [6.07, 6.45) is 21.8. The van der Waals surface area contributed by atoms with Crippen molar-refractivity contribution in [1.29, 1.82) is 0 Å². The molecule has 3 nitrogen and oxygen atoms in total. The molecule has 0 spiro atoms. The molecule has 0 radical (unpaired) electrons. The summed E-state index contributed by atoms with van der Waals surface area (Å²) >= 11 is 0. The van der Waals surface area contributed by atoms with Crippen LogP contribution in [-0.2, 0) is 0 Å². The van der Waals surface area contributed by atoms with Crippen LogP contribution in [0.25, 0.3) is 0 Å². The molecule has 3 saturated carbocycles. The normalized spacial score (nSPS) is 23.0. The SMILES string of the molecule is CC(C)C1(C)CC1.CC(C)C1CC1.CC(C)CC1CC1.CC(C)N1CCCC1.CC(C)N1CCCCC1.CC(C)N1CCCCC1. The van der Waals surface area contributed by atoms with Crippen LogP contribution in [-0.4, -0.2) is 72.1 Å². The highest BCUT2D eigenvalue weighted by atomic mass is 15.2. The van der Waals surface area contributed by atoms with E-state index < -0.39 is 0 Å². The fraction of sp³-hybridized carbons (Fsp3) is 1.00. The van der Waals surface area contributed by atoms with Gasteiger partial charge in [0.05, 0.1) is 0 Å². The average Bonchev–Trinajstić information content (AvgIpc) is 3.95. The molecule has 276 valence electrons. The molecule has 0 amide bonds. The topological polar surface area (TPSA) is 9.72 Å². The van der Waals surface area contributed by atoms with E-state index in [2.05, 4.69) is 105 Å². The first-order chi connectivity index (χ1) is 21.7. The minimum Gasteiger partial charge on any atom is -0.301 e. The predicted octanol–water partition coefficient (Wildman–Crippen LogP) is 12.2. The summed E-state index contributed by atoms with van der Waals surface area (Å²) in [6, 6.07) is 2.31. The lowest BCUT2D eigenvalue weighted by molar-refractivity contribution is 0.185. The Balaban J connectivity index is 0.000000277. The number of hydrogen-bond donors (Lipinski definition) is 0. The van der Waals surface area contributed by atoms with Crippen LogP contribution >= 0.6 is 0 Å². The summed E-state index contributed by atoms with van der Waals surface area (Å²) in [4.78, 5) is 7.65. The molecule has 3 aliphatic carbocycles. The lowest BCUT2D eigenvalue weighted by atomic mass is 9.95. The number of likely N-dealkylation sites (tertiary alicyclic amines) is 3. The summed E-state index contributed by atoms with van der Waals surface area (Å²) in [5.74, 6) is 5.04. The van der Waals surface area contributed by atoms with E-state index in [0.29, 0.717) is 0 Å². The maximum absolute atomic E-state index is 2.56. The third-order valence-corrected chi connectivity index (χ3v) is 11.6. The highest BCUT2D eigenvalue weighted by Crippen LogP contribution is 2.51. The van der Waals surface area contributed by atoms with Crippen molar-refractivity contribution < 1.29 is 0 Å². The largest absolute Gasteiger partial charge is 0.301 e. The van der Waals surface area contributed by atoms with E-state index in [1.54, 1.807) is 0 Å². The molecule has 6 fully saturated rings. The minimum absolute atomic E-state index is 0.750. The quantitative estimate of drug-likeness (QED) is 0.272. The van der Waals surface area contributed by atoms with E-state index in [1.165, 1.54) is 136 Å². The first-order valence-corrected chi connectivity index (χ1v) is 20.9. The van der Waals surface area contributed by atoms with E-state index in [9.17, 15) is 0 Å². The number of piperidine rings is 2. The smallest absolute Gasteiger partial charge is 0.00385 e. The molecule has 46 heavy (non-hydrogen) atoms. The van der Waals surface area contributed by atoms with Gasteiger partial charge in [0.2, 0.25) is 0 Å². The summed E-state index contributed by atoms with van der Waals surface area (Å²) in [5, 5.41) is 0. The van der Waals surface area contributed by atoms with Gasteiger partial charge in [0.1, 0.15) is 0 Å². The van der Waals surface area contributed by atoms with Gasteiger partial charge in [0.25, 0.3) is 0 Å². The predicted molar refractivity (Wildman–Crippen MR) is 209 cm³/mol. The molecule has 6 aliphatic rings. The maximum atomic E-state index is 2.56. The first-order valence-electron chi connectivity index (χ1n) is 20.9. The van der Waals surface area contributed by atoms with Crippen LogP contribution in [0, 0.1) is 35.0 Å². The molecule has 3 aliphatic heterocycles. The van der Waals surface area contributed by atoms with E-state index in [-0.39, 0.29) is 0 Å². The molecule has 3 heterocycles. The van der Waals surface area contributed by atoms with Gasteiger partial charge in [0.15, 0.2) is 0 Å². The van der Waals surface area contributed by atoms with Gasteiger partial charge in [0, 0.05) is 18.1 Å². The van der Waals surface area contributed by atoms with Crippen LogP contribution < -0.4 is 0 Å². The number of hydrogen-bond acceptors (Lipinski definition) is 3. The van der Waals surface area contributed by atoms with Crippen LogP contribution in [0.1, 0.15) is 186 Å². The zero-order chi connectivity index (χ0) is 34.7. The van der Waals surface area contributed by atoms with Crippen molar-refractivity contribution in [3.05, 3.63) is 0 Å². The van der Waals surface area contributed by atoms with Crippen molar-refractivity contribution in [3.8, 4) is 0 Å². The van der Waals surface area contributed by atoms with Crippen molar-refractivity contribution in [2.24, 2.45) is 35.0 Å². The molecule has 0 N–H and O–H groups in total. The van der Waals surface area contributed by atoms with Crippen LogP contribution in [0.15, 0.2) is 0 Å². The second-order valence-electron chi connectivity index (χ2n) is 18.2. The molecule has 3 heteroatoms. The van der Waals surface area contributed by atoms with Crippen molar-refractivity contribution in [1.82, 2.24) is 14.7 Å². The third-order valence-electron chi connectivity index (χ3n) is 11.6. The van der Waals surface area contributed by atoms with Crippen molar-refractivity contribution in [2.75, 3.05) is 39.3 Å². The second-order valence-corrected chi connectivity index (χ2v) is 18.2. The van der Waals surface area contributed by atoms with E-state index in [4.69, 9.17) is 0 Å². The standard InChI is InChI=1S/2C8H17N.C7H15N.2C7H14.C6H12/c2*1-8(2)9-6-4-3-5-7-9;1-7(2)8-5-3-4-6-8;1-6(2)7(3)4-5-7;1-6(2)5-7-3-4-7;1-5(2)6-3-4-6/h2*8H,3-7H2,1-2H3;7H,3-6H2,1-2H3;6H,4-5H2,1-3H3;6-7H,3-5H2,1-2H3;5-6H,3-4H2,1-2H3. The Morgan fingerprint density at radius 2 is 0.804 bits per heavy atom. The van der Waals surface area contributed by atoms with Crippen LogP contribution in [0.5, 0.6) is 0 Å². The summed E-state index contributed by atoms with van der Waals surface area (Å²) in [6.45, 7) is 37.9. The molecule has 6 rings (SSSR count). The van der Waals surface area contributed by atoms with Crippen molar-refractivity contribution >= 4 is 0 Å². The number of nitrogens with zero attached hydrogens (tertiary/aromatic N) is 3. The monoisotopic (exact) mass is 648 g/mol. The molecule has 0 atom stereocenters. The van der Waals surface area contributed by atoms with E-state index >= 15 is 0 Å². The zero-order valence-corrected chi connectivity index (χ0v) is 34.3. The maximum Gasteiger partial charge on any atom is 0.00385 e. The molecule has 0 bridgehead atoms. The van der Waals surface area contributed by atoms with E-state index in [1.807, 2.05) is 0 Å². The van der Waals surface area contributed by atoms with Gasteiger partial charge in [-0.05, 0) is 186 Å². The summed E-state index contributed by atoms with van der Waals surface area (Å²) < 4.78 is 0. The first kappa shape index (κ1) is 43.9. The second kappa shape index (κ2) is 24.1. The third kappa shape index (κ3) is 22.5. The van der Waals surface area contributed by atoms with E-state index in [0.717, 1.165) is 53.1 Å². The van der Waals surface area contributed by atoms with Gasteiger partial charge < -0.3 is 14.7 Å². The van der Waals surface area contributed by atoms with Crippen molar-refractivity contribution in [2.45, 2.75) is 204 Å². The Kier molecular flexibility index (Phi) is 23.0.